The zero-order valence-electron chi connectivity index (χ0n) is 18.1. The predicted molar refractivity (Wildman–Crippen MR) is 143 cm³/mol. The number of amides is 1. The quantitative estimate of drug-likeness (QED) is 0.238. The fraction of sp³-hybridized carbons (Fsp3) is 0.0357. The summed E-state index contributed by atoms with van der Waals surface area (Å²) in [7, 11) is 0. The van der Waals surface area contributed by atoms with Crippen LogP contribution in [0.4, 0.5) is 5.69 Å². The van der Waals surface area contributed by atoms with Crippen LogP contribution in [0, 0.1) is 6.92 Å². The molecular weight excluding hydrogens is 533 g/mol. The number of anilines is 1. The number of carbonyl (C=O) groups excluding carboxylic acids is 1. The Labute approximate surface area is 216 Å². The fourth-order valence-corrected chi connectivity index (χ4v) is 4.82. The van der Waals surface area contributed by atoms with Crippen molar-refractivity contribution in [1.82, 2.24) is 0 Å². The van der Waals surface area contributed by atoms with Crippen molar-refractivity contribution in [2.24, 2.45) is 0 Å². The molecule has 0 aliphatic carbocycles. The summed E-state index contributed by atoms with van der Waals surface area (Å²) in [5, 5.41) is 1.11. The minimum Gasteiger partial charge on any atom is -0.457 e. The van der Waals surface area contributed by atoms with Crippen LogP contribution in [0.15, 0.2) is 99.4 Å². The second kappa shape index (κ2) is 9.30. The van der Waals surface area contributed by atoms with E-state index in [4.69, 9.17) is 27.6 Å². The molecule has 5 rings (SSSR count). The number of aryl methyl sites for hydroxylation is 1. The first-order valence-electron chi connectivity index (χ1n) is 10.6. The van der Waals surface area contributed by atoms with E-state index in [1.54, 1.807) is 29.2 Å². The van der Waals surface area contributed by atoms with Gasteiger partial charge in [0.05, 0.1) is 16.4 Å². The first-order chi connectivity index (χ1) is 16.4. The predicted octanol–water partition coefficient (Wildman–Crippen LogP) is 8.80. The molecule has 1 aliphatic rings. The zero-order chi connectivity index (χ0) is 23.8. The van der Waals surface area contributed by atoms with Crippen LogP contribution in [0.1, 0.15) is 16.9 Å². The molecular formula is C28H18BrCl2NO2. The maximum atomic E-state index is 13.6. The number of nitrogens with zero attached hydrogens (tertiary/aromatic N) is 1. The normalized spacial score (nSPS) is 14.7. The summed E-state index contributed by atoms with van der Waals surface area (Å²) in [5.41, 5.74) is 4.81. The highest BCUT2D eigenvalue weighted by atomic mass is 79.9. The van der Waals surface area contributed by atoms with E-state index >= 15 is 0 Å². The van der Waals surface area contributed by atoms with Gasteiger partial charge in [-0.15, -0.1) is 0 Å². The van der Waals surface area contributed by atoms with Crippen LogP contribution < -0.4 is 4.90 Å². The topological polar surface area (TPSA) is 33.5 Å². The molecule has 2 heterocycles. The van der Waals surface area contributed by atoms with Crippen LogP contribution in [0.2, 0.25) is 10.0 Å². The van der Waals surface area contributed by atoms with Crippen molar-refractivity contribution in [3.05, 3.63) is 122 Å². The number of halogens is 3. The average molecular weight is 551 g/mol. The van der Waals surface area contributed by atoms with Gasteiger partial charge in [0, 0.05) is 20.6 Å². The van der Waals surface area contributed by atoms with Crippen LogP contribution in [0.5, 0.6) is 0 Å². The summed E-state index contributed by atoms with van der Waals surface area (Å²) in [6.45, 7) is 1.99. The van der Waals surface area contributed by atoms with Crippen molar-refractivity contribution < 1.29 is 9.21 Å². The van der Waals surface area contributed by atoms with Gasteiger partial charge in [0.1, 0.15) is 11.5 Å². The van der Waals surface area contributed by atoms with Crippen LogP contribution >= 0.6 is 39.1 Å². The van der Waals surface area contributed by atoms with E-state index in [1.807, 2.05) is 73.7 Å². The highest BCUT2D eigenvalue weighted by molar-refractivity contribution is 9.10. The van der Waals surface area contributed by atoms with E-state index in [0.29, 0.717) is 32.7 Å². The zero-order valence-corrected chi connectivity index (χ0v) is 21.2. The summed E-state index contributed by atoms with van der Waals surface area (Å²) >= 11 is 16.0. The molecule has 34 heavy (non-hydrogen) atoms. The smallest absolute Gasteiger partial charge is 0.263 e. The van der Waals surface area contributed by atoms with Gasteiger partial charge in [-0.2, -0.15) is 0 Å². The highest BCUT2D eigenvalue weighted by Gasteiger charge is 2.31. The van der Waals surface area contributed by atoms with E-state index in [1.165, 1.54) is 0 Å². The van der Waals surface area contributed by atoms with Gasteiger partial charge in [-0.05, 0) is 78.7 Å². The Morgan fingerprint density at radius 2 is 1.74 bits per heavy atom. The molecule has 3 aromatic carbocycles. The van der Waals surface area contributed by atoms with Crippen LogP contribution in [0.3, 0.4) is 0 Å². The number of carbonyl (C=O) groups is 1. The molecule has 1 aromatic heterocycles. The van der Waals surface area contributed by atoms with Gasteiger partial charge < -0.3 is 4.42 Å². The van der Waals surface area contributed by atoms with Gasteiger partial charge >= 0.3 is 0 Å². The average Bonchev–Trinajstić information content (AvgIpc) is 3.41. The van der Waals surface area contributed by atoms with E-state index in [9.17, 15) is 4.79 Å². The van der Waals surface area contributed by atoms with Crippen molar-refractivity contribution in [1.29, 1.82) is 0 Å². The Kier molecular flexibility index (Phi) is 6.22. The SMILES string of the molecule is Cc1cc(Br)ccc1N1C(=O)C(=Cc2ccc(-c3cc(Cl)ccc3Cl)o2)C=C1c1ccccc1. The molecule has 168 valence electrons. The van der Waals surface area contributed by atoms with Gasteiger partial charge in [0.15, 0.2) is 0 Å². The summed E-state index contributed by atoms with van der Waals surface area (Å²) in [6, 6.07) is 24.6. The van der Waals surface area contributed by atoms with Gasteiger partial charge in [-0.1, -0.05) is 69.5 Å². The molecule has 0 bridgehead atoms. The van der Waals surface area contributed by atoms with Gasteiger partial charge in [0.2, 0.25) is 0 Å². The molecule has 1 aliphatic heterocycles. The van der Waals surface area contributed by atoms with E-state index in [0.717, 1.165) is 27.0 Å². The third-order valence-electron chi connectivity index (χ3n) is 5.57. The third kappa shape index (κ3) is 4.37. The molecule has 0 unspecified atom stereocenters. The maximum Gasteiger partial charge on any atom is 0.263 e. The maximum absolute atomic E-state index is 13.6. The molecule has 0 saturated heterocycles. The molecule has 0 N–H and O–H groups in total. The van der Waals surface area contributed by atoms with Crippen molar-refractivity contribution >= 4 is 62.5 Å². The van der Waals surface area contributed by atoms with Crippen molar-refractivity contribution in [3.8, 4) is 11.3 Å². The molecule has 1 amide bonds. The molecule has 0 saturated carbocycles. The lowest BCUT2D eigenvalue weighted by Crippen LogP contribution is -2.25. The Morgan fingerprint density at radius 1 is 0.941 bits per heavy atom. The monoisotopic (exact) mass is 549 g/mol. The summed E-state index contributed by atoms with van der Waals surface area (Å²) in [6.07, 6.45) is 3.65. The Bertz CT molecular complexity index is 1470. The van der Waals surface area contributed by atoms with Gasteiger partial charge in [-0.3, -0.25) is 9.69 Å². The van der Waals surface area contributed by atoms with Crippen molar-refractivity contribution in [3.63, 3.8) is 0 Å². The summed E-state index contributed by atoms with van der Waals surface area (Å²) < 4.78 is 6.97. The molecule has 0 fully saturated rings. The lowest BCUT2D eigenvalue weighted by Gasteiger charge is -2.23. The van der Waals surface area contributed by atoms with Crippen LogP contribution in [-0.2, 0) is 4.79 Å². The fourth-order valence-electron chi connectivity index (χ4n) is 3.96. The molecule has 6 heteroatoms. The van der Waals surface area contributed by atoms with Gasteiger partial charge in [-0.25, -0.2) is 0 Å². The molecule has 3 nitrogen and oxygen atoms in total. The lowest BCUT2D eigenvalue weighted by atomic mass is 10.1. The van der Waals surface area contributed by atoms with E-state index in [-0.39, 0.29) is 5.91 Å². The minimum atomic E-state index is -0.122. The second-order valence-electron chi connectivity index (χ2n) is 7.89. The summed E-state index contributed by atoms with van der Waals surface area (Å²) in [4.78, 5) is 15.4. The second-order valence-corrected chi connectivity index (χ2v) is 9.65. The number of furan rings is 1. The molecule has 4 aromatic rings. The number of benzene rings is 3. The number of hydrogen-bond donors (Lipinski definition) is 0. The summed E-state index contributed by atoms with van der Waals surface area (Å²) in [5.74, 6) is 1.01. The molecule has 0 atom stereocenters. The highest BCUT2D eigenvalue weighted by Crippen LogP contribution is 2.38. The molecule has 0 radical (unpaired) electrons. The Morgan fingerprint density at radius 3 is 2.50 bits per heavy atom. The number of hydrogen-bond acceptors (Lipinski definition) is 2. The van der Waals surface area contributed by atoms with Crippen molar-refractivity contribution in [2.45, 2.75) is 6.92 Å². The lowest BCUT2D eigenvalue weighted by molar-refractivity contribution is -0.113. The van der Waals surface area contributed by atoms with Crippen LogP contribution in [0.25, 0.3) is 23.1 Å². The van der Waals surface area contributed by atoms with E-state index < -0.39 is 0 Å². The first kappa shape index (κ1) is 22.7. The van der Waals surface area contributed by atoms with E-state index in [2.05, 4.69) is 15.9 Å². The minimum absolute atomic E-state index is 0.122. The first-order valence-corrected chi connectivity index (χ1v) is 12.1. The third-order valence-corrected chi connectivity index (χ3v) is 6.63. The standard InChI is InChI=1S/C28H18BrCl2NO2/c1-17-13-20(29)7-11-25(17)32-26(18-5-3-2-4-6-18)15-19(28(32)33)14-22-9-12-27(34-22)23-16-21(30)8-10-24(23)31/h2-16H,1H3. The Balaban J connectivity index is 1.57. The molecule has 0 spiro atoms. The number of rotatable bonds is 4. The largest absolute Gasteiger partial charge is 0.457 e. The van der Waals surface area contributed by atoms with Crippen molar-refractivity contribution in [2.75, 3.05) is 4.90 Å². The Hall–Kier alpha value is -3.05. The van der Waals surface area contributed by atoms with Crippen LogP contribution in [-0.4, -0.2) is 5.91 Å². The van der Waals surface area contributed by atoms with Gasteiger partial charge in [0.25, 0.3) is 5.91 Å².